The first-order valence-electron chi connectivity index (χ1n) is 6.88. The van der Waals surface area contributed by atoms with Gasteiger partial charge in [0.1, 0.15) is 11.9 Å². The molecule has 0 saturated carbocycles. The normalized spacial score (nSPS) is 18.7. The van der Waals surface area contributed by atoms with Crippen LogP contribution < -0.4 is 10.5 Å². The Balaban J connectivity index is 1.87. The van der Waals surface area contributed by atoms with Crippen LogP contribution in [0.3, 0.4) is 0 Å². The molecule has 4 heteroatoms. The van der Waals surface area contributed by atoms with Crippen molar-refractivity contribution in [3.63, 3.8) is 0 Å². The average molecular weight is 263 g/mol. The van der Waals surface area contributed by atoms with Gasteiger partial charge in [0.2, 0.25) is 0 Å². The van der Waals surface area contributed by atoms with Gasteiger partial charge in [0.15, 0.2) is 0 Å². The van der Waals surface area contributed by atoms with Crippen LogP contribution >= 0.6 is 0 Å². The van der Waals surface area contributed by atoms with Crippen molar-refractivity contribution in [3.05, 3.63) is 29.8 Å². The Kier molecular flexibility index (Phi) is 4.80. The standard InChI is InChI=1S/C15H21NO3/c16-8-4-3-6-12(15(17)18)10-13-9-11-5-1-2-7-14(11)19-13/h1-2,5,7,12-13H,3-4,6,8-10,16H2,(H,17,18). The predicted octanol–water partition coefficient (Wildman–Crippen LogP) is 2.21. The Morgan fingerprint density at radius 2 is 2.21 bits per heavy atom. The van der Waals surface area contributed by atoms with Crippen molar-refractivity contribution in [2.24, 2.45) is 11.7 Å². The molecule has 2 rings (SSSR count). The van der Waals surface area contributed by atoms with Gasteiger partial charge in [-0.15, -0.1) is 0 Å². The minimum atomic E-state index is -0.725. The number of fused-ring (bicyclic) bond motifs is 1. The lowest BCUT2D eigenvalue weighted by Crippen LogP contribution is -2.24. The third-order valence-corrected chi connectivity index (χ3v) is 3.62. The number of rotatable bonds is 7. The molecule has 2 atom stereocenters. The Labute approximate surface area is 113 Å². The molecular weight excluding hydrogens is 242 g/mol. The molecule has 0 spiro atoms. The summed E-state index contributed by atoms with van der Waals surface area (Å²) in [6.07, 6.45) is 3.83. The van der Waals surface area contributed by atoms with Gasteiger partial charge in [0.05, 0.1) is 5.92 Å². The quantitative estimate of drug-likeness (QED) is 0.740. The highest BCUT2D eigenvalue weighted by molar-refractivity contribution is 5.70. The number of carbonyl (C=O) groups is 1. The average Bonchev–Trinajstić information content (AvgIpc) is 2.80. The van der Waals surface area contributed by atoms with Gasteiger partial charge in [-0.3, -0.25) is 4.79 Å². The molecule has 0 radical (unpaired) electrons. The SMILES string of the molecule is NCCCCC(CC1Cc2ccccc2O1)C(=O)O. The predicted molar refractivity (Wildman–Crippen MR) is 73.2 cm³/mol. The summed E-state index contributed by atoms with van der Waals surface area (Å²) in [5, 5.41) is 9.26. The van der Waals surface area contributed by atoms with Crippen LogP contribution in [0.2, 0.25) is 0 Å². The second-order valence-corrected chi connectivity index (χ2v) is 5.11. The zero-order chi connectivity index (χ0) is 13.7. The van der Waals surface area contributed by atoms with Crippen LogP contribution in [0.4, 0.5) is 0 Å². The van der Waals surface area contributed by atoms with Gasteiger partial charge in [-0.1, -0.05) is 24.6 Å². The molecule has 1 aliphatic rings. The maximum atomic E-state index is 11.3. The summed E-state index contributed by atoms with van der Waals surface area (Å²) >= 11 is 0. The van der Waals surface area contributed by atoms with E-state index in [1.807, 2.05) is 24.3 Å². The van der Waals surface area contributed by atoms with Crippen LogP contribution in [0.1, 0.15) is 31.2 Å². The largest absolute Gasteiger partial charge is 0.490 e. The molecule has 0 aliphatic carbocycles. The van der Waals surface area contributed by atoms with Crippen LogP contribution in [0, 0.1) is 5.92 Å². The maximum Gasteiger partial charge on any atom is 0.306 e. The smallest absolute Gasteiger partial charge is 0.306 e. The number of benzene rings is 1. The molecule has 1 aromatic carbocycles. The van der Waals surface area contributed by atoms with Crippen molar-refractivity contribution >= 4 is 5.97 Å². The first-order valence-corrected chi connectivity index (χ1v) is 6.88. The zero-order valence-electron chi connectivity index (χ0n) is 11.0. The molecule has 4 nitrogen and oxygen atoms in total. The van der Waals surface area contributed by atoms with E-state index in [0.29, 0.717) is 19.4 Å². The molecule has 1 heterocycles. The summed E-state index contributed by atoms with van der Waals surface area (Å²) in [5.41, 5.74) is 6.62. The van der Waals surface area contributed by atoms with E-state index in [4.69, 9.17) is 10.5 Å². The number of carboxylic acid groups (broad SMARTS) is 1. The summed E-state index contributed by atoms with van der Waals surface area (Å²) in [6.45, 7) is 0.623. The Bertz CT molecular complexity index is 408. The minimum Gasteiger partial charge on any atom is -0.490 e. The fourth-order valence-electron chi connectivity index (χ4n) is 2.58. The van der Waals surface area contributed by atoms with Crippen molar-refractivity contribution in [2.45, 2.75) is 38.2 Å². The van der Waals surface area contributed by atoms with E-state index in [2.05, 4.69) is 0 Å². The molecule has 2 unspecified atom stereocenters. The van der Waals surface area contributed by atoms with Crippen LogP contribution in [0.5, 0.6) is 5.75 Å². The van der Waals surface area contributed by atoms with Gasteiger partial charge in [0.25, 0.3) is 0 Å². The van der Waals surface area contributed by atoms with E-state index in [0.717, 1.165) is 25.0 Å². The number of nitrogens with two attached hydrogens (primary N) is 1. The summed E-state index contributed by atoms with van der Waals surface area (Å²) in [5.74, 6) is -0.152. The first-order chi connectivity index (χ1) is 9.20. The van der Waals surface area contributed by atoms with E-state index >= 15 is 0 Å². The summed E-state index contributed by atoms with van der Waals surface area (Å²) in [6, 6.07) is 7.91. The van der Waals surface area contributed by atoms with Crippen molar-refractivity contribution in [2.75, 3.05) is 6.54 Å². The number of hydrogen-bond donors (Lipinski definition) is 2. The molecule has 1 aliphatic heterocycles. The van der Waals surface area contributed by atoms with Crippen LogP contribution in [-0.4, -0.2) is 23.7 Å². The first kappa shape index (κ1) is 13.9. The van der Waals surface area contributed by atoms with E-state index in [9.17, 15) is 9.90 Å². The molecular formula is C15H21NO3. The van der Waals surface area contributed by atoms with Gasteiger partial charge < -0.3 is 15.6 Å². The molecule has 19 heavy (non-hydrogen) atoms. The molecule has 0 bridgehead atoms. The Hall–Kier alpha value is -1.55. The summed E-state index contributed by atoms with van der Waals surface area (Å²) in [7, 11) is 0. The minimum absolute atomic E-state index is 0.00336. The number of para-hydroxylation sites is 1. The van der Waals surface area contributed by atoms with Crippen LogP contribution in [-0.2, 0) is 11.2 Å². The second-order valence-electron chi connectivity index (χ2n) is 5.11. The van der Waals surface area contributed by atoms with E-state index in [-0.39, 0.29) is 12.0 Å². The molecule has 3 N–H and O–H groups in total. The highest BCUT2D eigenvalue weighted by Crippen LogP contribution is 2.31. The van der Waals surface area contributed by atoms with Gasteiger partial charge >= 0.3 is 5.97 Å². The third-order valence-electron chi connectivity index (χ3n) is 3.62. The summed E-state index contributed by atoms with van der Waals surface area (Å²) < 4.78 is 5.81. The fraction of sp³-hybridized carbons (Fsp3) is 0.533. The molecule has 0 amide bonds. The fourth-order valence-corrected chi connectivity index (χ4v) is 2.58. The van der Waals surface area contributed by atoms with Gasteiger partial charge in [-0.25, -0.2) is 0 Å². The van der Waals surface area contributed by atoms with Gasteiger partial charge in [-0.2, -0.15) is 0 Å². The molecule has 104 valence electrons. The number of unbranched alkanes of at least 4 members (excludes halogenated alkanes) is 1. The number of carboxylic acids is 1. The number of hydrogen-bond acceptors (Lipinski definition) is 3. The zero-order valence-corrected chi connectivity index (χ0v) is 11.0. The highest BCUT2D eigenvalue weighted by atomic mass is 16.5. The van der Waals surface area contributed by atoms with Crippen molar-refractivity contribution in [1.29, 1.82) is 0 Å². The highest BCUT2D eigenvalue weighted by Gasteiger charge is 2.28. The van der Waals surface area contributed by atoms with Crippen molar-refractivity contribution in [1.82, 2.24) is 0 Å². The molecule has 0 saturated heterocycles. The Morgan fingerprint density at radius 3 is 2.89 bits per heavy atom. The second kappa shape index (κ2) is 6.57. The topological polar surface area (TPSA) is 72.5 Å². The third kappa shape index (κ3) is 3.70. The lowest BCUT2D eigenvalue weighted by molar-refractivity contribution is -0.142. The lowest BCUT2D eigenvalue weighted by Gasteiger charge is -2.16. The van der Waals surface area contributed by atoms with Gasteiger partial charge in [0, 0.05) is 6.42 Å². The van der Waals surface area contributed by atoms with E-state index in [1.54, 1.807) is 0 Å². The van der Waals surface area contributed by atoms with Crippen LogP contribution in [0.15, 0.2) is 24.3 Å². The lowest BCUT2D eigenvalue weighted by atomic mass is 9.94. The Morgan fingerprint density at radius 1 is 1.42 bits per heavy atom. The summed E-state index contributed by atoms with van der Waals surface area (Å²) in [4.78, 5) is 11.3. The maximum absolute atomic E-state index is 11.3. The van der Waals surface area contributed by atoms with Crippen molar-refractivity contribution in [3.8, 4) is 5.75 Å². The van der Waals surface area contributed by atoms with E-state index in [1.165, 1.54) is 5.56 Å². The number of ether oxygens (including phenoxy) is 1. The molecule has 0 aromatic heterocycles. The monoisotopic (exact) mass is 263 g/mol. The van der Waals surface area contributed by atoms with Crippen molar-refractivity contribution < 1.29 is 14.6 Å². The molecule has 0 fully saturated rings. The van der Waals surface area contributed by atoms with E-state index < -0.39 is 5.97 Å². The van der Waals surface area contributed by atoms with Crippen LogP contribution in [0.25, 0.3) is 0 Å². The van der Waals surface area contributed by atoms with Gasteiger partial charge in [-0.05, 0) is 37.4 Å². The number of aliphatic carboxylic acids is 1. The molecule has 1 aromatic rings.